The molecule has 4 nitrogen and oxygen atoms in total. The summed E-state index contributed by atoms with van der Waals surface area (Å²) in [6.07, 6.45) is 16.4. The van der Waals surface area contributed by atoms with E-state index in [1.807, 2.05) is 0 Å². The van der Waals surface area contributed by atoms with Crippen LogP contribution >= 0.6 is 15.9 Å². The topological polar surface area (TPSA) is 35.6 Å². The summed E-state index contributed by atoms with van der Waals surface area (Å²) in [5.41, 5.74) is 0.743. The highest BCUT2D eigenvalue weighted by Crippen LogP contribution is 2.44. The highest BCUT2D eigenvalue weighted by Gasteiger charge is 2.54. The summed E-state index contributed by atoms with van der Waals surface area (Å²) in [6, 6.07) is 11.7. The number of unbranched alkanes of at least 4 members (excludes halogenated alkanes) is 5. The molecule has 0 radical (unpaired) electrons. The molecule has 1 spiro atoms. The van der Waals surface area contributed by atoms with Gasteiger partial charge < -0.3 is 10.2 Å². The van der Waals surface area contributed by atoms with Crippen molar-refractivity contribution in [2.75, 3.05) is 18.1 Å². The molecule has 36 heavy (non-hydrogen) atoms. The molecule has 1 aliphatic carbocycles. The zero-order valence-corrected chi connectivity index (χ0v) is 24.6. The number of carbonyl (C=O) groups excluding carboxylic acids is 1. The number of amides is 1. The van der Waals surface area contributed by atoms with Crippen molar-refractivity contribution in [3.63, 3.8) is 0 Å². The summed E-state index contributed by atoms with van der Waals surface area (Å²) >= 11 is 4.20. The van der Waals surface area contributed by atoms with Gasteiger partial charge in [0.25, 0.3) is 0 Å². The van der Waals surface area contributed by atoms with E-state index in [4.69, 9.17) is 0 Å². The van der Waals surface area contributed by atoms with Crippen LogP contribution in [0.15, 0.2) is 30.3 Å². The van der Waals surface area contributed by atoms with Crippen LogP contribution in [0.2, 0.25) is 0 Å². The lowest BCUT2D eigenvalue weighted by molar-refractivity contribution is -0.126. The van der Waals surface area contributed by atoms with Gasteiger partial charge in [-0.1, -0.05) is 93.4 Å². The molecular formula is C31H50BrN3O. The molecule has 0 bridgehead atoms. The van der Waals surface area contributed by atoms with Crippen molar-refractivity contribution in [1.29, 1.82) is 0 Å². The van der Waals surface area contributed by atoms with Crippen LogP contribution in [-0.4, -0.2) is 46.5 Å². The minimum atomic E-state index is -0.426. The Bertz CT molecular complexity index is 809. The fraction of sp³-hybridized carbons (Fsp3) is 0.774. The maximum Gasteiger partial charge on any atom is 0.247 e. The standard InChI is InChI=1S/C31H50BrN3O/c1-4-5-6-7-8-12-15-28(32)29-22-31(30(36)33-23-35(31)27-13-10-9-11-14-27)20-21-34(29)26-18-16-25(17-19-26)24(2)3/h9-11,13-14,24-26,28-29H,4-8,12,15-23H2,1-3H3,(H,33,36). The Kier molecular flexibility index (Phi) is 10.2. The van der Waals surface area contributed by atoms with Crippen LogP contribution in [0.25, 0.3) is 0 Å². The van der Waals surface area contributed by atoms with Gasteiger partial charge in [0.1, 0.15) is 5.54 Å². The molecule has 5 heteroatoms. The molecule has 1 aromatic carbocycles. The third kappa shape index (κ3) is 6.31. The van der Waals surface area contributed by atoms with Crippen molar-refractivity contribution in [2.24, 2.45) is 11.8 Å². The summed E-state index contributed by atoms with van der Waals surface area (Å²) in [5, 5.41) is 3.23. The maximum atomic E-state index is 13.5. The predicted molar refractivity (Wildman–Crippen MR) is 156 cm³/mol. The van der Waals surface area contributed by atoms with E-state index in [0.29, 0.717) is 23.6 Å². The molecular weight excluding hydrogens is 510 g/mol. The lowest BCUT2D eigenvalue weighted by atomic mass is 9.75. The van der Waals surface area contributed by atoms with Gasteiger partial charge in [-0.15, -0.1) is 0 Å². The lowest BCUT2D eigenvalue weighted by Gasteiger charge is -2.52. The van der Waals surface area contributed by atoms with Crippen molar-refractivity contribution in [2.45, 2.75) is 127 Å². The third-order valence-corrected chi connectivity index (χ3v) is 10.6. The van der Waals surface area contributed by atoms with E-state index in [0.717, 1.165) is 31.2 Å². The number of nitrogens with one attached hydrogen (secondary N) is 1. The quantitative estimate of drug-likeness (QED) is 0.225. The SMILES string of the molecule is CCCCCCCCC(Br)C1CC2(CCN1C1CCC(C(C)C)CC1)C(=O)NCN2c1ccccc1. The van der Waals surface area contributed by atoms with E-state index in [1.165, 1.54) is 76.3 Å². The molecule has 3 aliphatic rings. The molecule has 2 saturated heterocycles. The zero-order chi connectivity index (χ0) is 25.5. The number of halogens is 1. The molecule has 0 aromatic heterocycles. The minimum absolute atomic E-state index is 0.235. The molecule has 202 valence electrons. The first-order valence-corrected chi connectivity index (χ1v) is 15.9. The van der Waals surface area contributed by atoms with E-state index in [9.17, 15) is 4.79 Å². The number of alkyl halides is 1. The second kappa shape index (κ2) is 13.1. The number of hydrogen-bond donors (Lipinski definition) is 1. The van der Waals surface area contributed by atoms with Gasteiger partial charge in [0.15, 0.2) is 0 Å². The average Bonchev–Trinajstić information content (AvgIpc) is 3.21. The summed E-state index contributed by atoms with van der Waals surface area (Å²) in [6.45, 7) is 8.72. The van der Waals surface area contributed by atoms with Gasteiger partial charge >= 0.3 is 0 Å². The summed E-state index contributed by atoms with van der Waals surface area (Å²) < 4.78 is 0. The Morgan fingerprint density at radius 3 is 2.42 bits per heavy atom. The highest BCUT2D eigenvalue weighted by molar-refractivity contribution is 9.09. The first-order chi connectivity index (χ1) is 17.5. The number of likely N-dealkylation sites (tertiary alicyclic amines) is 1. The van der Waals surface area contributed by atoms with Crippen LogP contribution in [0.1, 0.15) is 104 Å². The van der Waals surface area contributed by atoms with Gasteiger partial charge in [-0.05, 0) is 68.9 Å². The van der Waals surface area contributed by atoms with Gasteiger partial charge in [0.05, 0.1) is 6.67 Å². The lowest BCUT2D eigenvalue weighted by Crippen LogP contribution is -2.63. The van der Waals surface area contributed by atoms with E-state index >= 15 is 0 Å². The average molecular weight is 561 g/mol. The molecule has 3 unspecified atom stereocenters. The Morgan fingerprint density at radius 2 is 1.72 bits per heavy atom. The highest BCUT2D eigenvalue weighted by atomic mass is 79.9. The fourth-order valence-corrected chi connectivity index (χ4v) is 8.05. The number of piperidine rings is 1. The molecule has 3 fully saturated rings. The molecule has 1 aromatic rings. The Morgan fingerprint density at radius 1 is 1.03 bits per heavy atom. The van der Waals surface area contributed by atoms with Gasteiger partial charge in [0, 0.05) is 29.1 Å². The summed E-state index contributed by atoms with van der Waals surface area (Å²) in [4.78, 5) is 19.1. The number of benzene rings is 1. The number of nitrogens with zero attached hydrogens (tertiary/aromatic N) is 2. The van der Waals surface area contributed by atoms with Gasteiger partial charge in [-0.25, -0.2) is 0 Å². The van der Waals surface area contributed by atoms with Crippen LogP contribution < -0.4 is 10.2 Å². The fourth-order valence-electron chi connectivity index (χ4n) is 7.23. The van der Waals surface area contributed by atoms with E-state index in [2.05, 4.69) is 82.1 Å². The number of anilines is 1. The molecule has 3 atom stereocenters. The molecule has 1 amide bonds. The van der Waals surface area contributed by atoms with Gasteiger partial charge in [0.2, 0.25) is 5.91 Å². The molecule has 4 rings (SSSR count). The number of hydrogen-bond acceptors (Lipinski definition) is 3. The van der Waals surface area contributed by atoms with Gasteiger partial charge in [-0.3, -0.25) is 9.69 Å². The molecule has 2 aliphatic heterocycles. The number of rotatable bonds is 11. The van der Waals surface area contributed by atoms with Crippen LogP contribution in [0.4, 0.5) is 5.69 Å². The first-order valence-electron chi connectivity index (χ1n) is 15.0. The van der Waals surface area contributed by atoms with Gasteiger partial charge in [-0.2, -0.15) is 0 Å². The monoisotopic (exact) mass is 559 g/mol. The molecule has 1 N–H and O–H groups in total. The van der Waals surface area contributed by atoms with Crippen molar-refractivity contribution in [3.8, 4) is 0 Å². The Balaban J connectivity index is 1.49. The van der Waals surface area contributed by atoms with Crippen molar-refractivity contribution < 1.29 is 4.79 Å². The molecule has 1 saturated carbocycles. The van der Waals surface area contributed by atoms with Crippen LogP contribution in [0.3, 0.4) is 0 Å². The van der Waals surface area contributed by atoms with E-state index < -0.39 is 5.54 Å². The second-order valence-corrected chi connectivity index (χ2v) is 13.3. The smallest absolute Gasteiger partial charge is 0.247 e. The normalized spacial score (nSPS) is 30.2. The van der Waals surface area contributed by atoms with Crippen LogP contribution in [-0.2, 0) is 4.79 Å². The van der Waals surface area contributed by atoms with Crippen molar-refractivity contribution in [3.05, 3.63) is 30.3 Å². The zero-order valence-electron chi connectivity index (χ0n) is 23.1. The van der Waals surface area contributed by atoms with Crippen molar-refractivity contribution >= 4 is 27.5 Å². The second-order valence-electron chi connectivity index (χ2n) is 12.1. The maximum absolute atomic E-state index is 13.5. The predicted octanol–water partition coefficient (Wildman–Crippen LogP) is 7.51. The minimum Gasteiger partial charge on any atom is -0.339 e. The van der Waals surface area contributed by atoms with Crippen LogP contribution in [0.5, 0.6) is 0 Å². The first kappa shape index (κ1) is 28.0. The summed E-state index contributed by atoms with van der Waals surface area (Å²) in [7, 11) is 0. The number of carbonyl (C=O) groups is 1. The van der Waals surface area contributed by atoms with E-state index in [1.54, 1.807) is 0 Å². The number of para-hydroxylation sites is 1. The van der Waals surface area contributed by atoms with Crippen molar-refractivity contribution in [1.82, 2.24) is 10.2 Å². The third-order valence-electron chi connectivity index (χ3n) is 9.57. The Labute approximate surface area is 229 Å². The van der Waals surface area contributed by atoms with E-state index in [-0.39, 0.29) is 5.91 Å². The molecule has 2 heterocycles. The Hall–Kier alpha value is -1.07. The largest absolute Gasteiger partial charge is 0.339 e. The summed E-state index contributed by atoms with van der Waals surface area (Å²) in [5.74, 6) is 1.91. The van der Waals surface area contributed by atoms with Crippen LogP contribution in [0, 0.1) is 11.8 Å².